The summed E-state index contributed by atoms with van der Waals surface area (Å²) in [5, 5.41) is 28.3. The molecule has 13 heteroatoms. The van der Waals surface area contributed by atoms with Gasteiger partial charge in [0.2, 0.25) is 5.95 Å². The van der Waals surface area contributed by atoms with Crippen LogP contribution in [0.1, 0.15) is 13.3 Å². The van der Waals surface area contributed by atoms with Crippen molar-refractivity contribution < 1.29 is 24.4 Å². The number of hydrogen-bond donors (Lipinski definition) is 4. The van der Waals surface area contributed by atoms with Gasteiger partial charge in [0.05, 0.1) is 60.9 Å². The first kappa shape index (κ1) is 28.6. The Hall–Kier alpha value is -2.93. The van der Waals surface area contributed by atoms with E-state index in [1.54, 1.807) is 19.2 Å². The van der Waals surface area contributed by atoms with Gasteiger partial charge in [0.25, 0.3) is 0 Å². The van der Waals surface area contributed by atoms with Crippen molar-refractivity contribution >= 4 is 45.9 Å². The molecule has 1 unspecified atom stereocenters. The van der Waals surface area contributed by atoms with Crippen molar-refractivity contribution in [2.24, 2.45) is 0 Å². The Morgan fingerprint density at radius 2 is 1.88 bits per heavy atom. The third-order valence-corrected chi connectivity index (χ3v) is 7.88. The largest absolute Gasteiger partial charge is 0.495 e. The molecule has 0 aliphatic carbocycles. The number of aliphatic hydroxyl groups excluding tert-OH is 1. The zero-order valence-corrected chi connectivity index (χ0v) is 24.0. The third kappa shape index (κ3) is 5.63. The van der Waals surface area contributed by atoms with E-state index in [4.69, 9.17) is 47.4 Å². The molecule has 0 amide bonds. The normalized spacial score (nSPS) is 23.4. The van der Waals surface area contributed by atoms with Gasteiger partial charge in [0.1, 0.15) is 23.2 Å². The molecular weight excluding hydrogens is 559 g/mol. The van der Waals surface area contributed by atoms with E-state index in [1.165, 1.54) is 20.3 Å². The predicted octanol–water partition coefficient (Wildman–Crippen LogP) is 3.25. The van der Waals surface area contributed by atoms with Crippen LogP contribution in [0.4, 0.5) is 11.8 Å². The highest BCUT2D eigenvalue weighted by atomic mass is 35.5. The van der Waals surface area contributed by atoms with Gasteiger partial charge in [-0.05, 0) is 25.5 Å². The topological polar surface area (TPSA) is 134 Å². The first-order valence-electron chi connectivity index (χ1n) is 12.8. The van der Waals surface area contributed by atoms with E-state index in [-0.39, 0.29) is 12.1 Å². The molecule has 4 N–H and O–H groups in total. The maximum atomic E-state index is 10.7. The summed E-state index contributed by atoms with van der Waals surface area (Å²) in [6.07, 6.45) is 2.82. The molecule has 2 aliphatic rings. The Bertz CT molecular complexity index is 1400. The summed E-state index contributed by atoms with van der Waals surface area (Å²) in [5.74, 6) is 1.72. The van der Waals surface area contributed by atoms with Crippen LogP contribution >= 0.6 is 23.2 Å². The quantitative estimate of drug-likeness (QED) is 0.216. The number of aromatic nitrogens is 3. The Morgan fingerprint density at radius 1 is 1.18 bits per heavy atom. The van der Waals surface area contributed by atoms with Crippen molar-refractivity contribution in [3.8, 4) is 22.8 Å². The number of aliphatic hydroxyl groups is 2. The van der Waals surface area contributed by atoms with Crippen LogP contribution in [-0.2, 0) is 4.74 Å². The molecule has 5 rings (SSSR count). The number of nitrogens with zero attached hydrogens (tertiary/aromatic N) is 4. The molecule has 2 aliphatic heterocycles. The van der Waals surface area contributed by atoms with Gasteiger partial charge in [-0.3, -0.25) is 5.32 Å². The van der Waals surface area contributed by atoms with Crippen LogP contribution < -0.4 is 25.0 Å². The summed E-state index contributed by atoms with van der Waals surface area (Å²) in [6.45, 7) is 7.18. The molecular formula is C27H32Cl2N6O5. The maximum absolute atomic E-state index is 10.7. The Labute approximate surface area is 242 Å². The number of anilines is 2. The van der Waals surface area contributed by atoms with E-state index >= 15 is 0 Å². The minimum absolute atomic E-state index is 0.173. The van der Waals surface area contributed by atoms with Crippen LogP contribution in [0.15, 0.2) is 31.0 Å². The highest BCUT2D eigenvalue weighted by Gasteiger charge is 2.34. The monoisotopic (exact) mass is 590 g/mol. The van der Waals surface area contributed by atoms with E-state index in [0.717, 1.165) is 0 Å². The standard InChI is InChI=1S/C27H32Cl2N6O5/c1-5-20(36)31-16-11-40-12-17(16)33-26-30-10-14-8-15(21-22(28)18(38-3)9-19(39-4)23(21)29)32-25(24(14)34-26)35-7-6-27(2,37)13-35/h5,8-10,16-17,20,31,36-37H,1,6-7,11-13H2,2-4H3,(H,30,33,34)/t16-,17+,20?,27-/m0/s1. The lowest BCUT2D eigenvalue weighted by Crippen LogP contribution is -2.47. The SMILES string of the molecule is C=CC(O)N[C@H]1COC[C@H]1Nc1ncc2cc(-c3c(Cl)c(OC)cc(OC)c3Cl)nc(N3CC[C@](C)(O)C3)c2n1. The van der Waals surface area contributed by atoms with Crippen molar-refractivity contribution in [3.63, 3.8) is 0 Å². The third-order valence-electron chi connectivity index (χ3n) is 7.13. The van der Waals surface area contributed by atoms with E-state index in [9.17, 15) is 10.2 Å². The first-order valence-corrected chi connectivity index (χ1v) is 13.6. The fraction of sp³-hybridized carbons (Fsp3) is 0.444. The molecule has 0 spiro atoms. The summed E-state index contributed by atoms with van der Waals surface area (Å²) < 4.78 is 16.5. The second kappa shape index (κ2) is 11.5. The van der Waals surface area contributed by atoms with E-state index < -0.39 is 11.8 Å². The molecule has 2 saturated heterocycles. The van der Waals surface area contributed by atoms with Crippen molar-refractivity contribution in [1.29, 1.82) is 0 Å². The highest BCUT2D eigenvalue weighted by Crippen LogP contribution is 2.46. The molecule has 3 aromatic rings. The van der Waals surface area contributed by atoms with Crippen molar-refractivity contribution in [3.05, 3.63) is 41.0 Å². The summed E-state index contributed by atoms with van der Waals surface area (Å²) >= 11 is 13.5. The number of nitrogens with one attached hydrogen (secondary N) is 2. The molecule has 214 valence electrons. The maximum Gasteiger partial charge on any atom is 0.223 e. The Kier molecular flexibility index (Phi) is 8.23. The average Bonchev–Trinajstić information content (AvgIpc) is 3.53. The van der Waals surface area contributed by atoms with E-state index in [2.05, 4.69) is 22.2 Å². The zero-order chi connectivity index (χ0) is 28.6. The van der Waals surface area contributed by atoms with Gasteiger partial charge < -0.3 is 34.6 Å². The lowest BCUT2D eigenvalue weighted by Gasteiger charge is -2.24. The van der Waals surface area contributed by atoms with Gasteiger partial charge in [-0.25, -0.2) is 15.0 Å². The van der Waals surface area contributed by atoms with Crippen LogP contribution in [0.25, 0.3) is 22.2 Å². The van der Waals surface area contributed by atoms with E-state index in [1.807, 2.05) is 11.0 Å². The molecule has 2 fully saturated rings. The number of benzene rings is 1. The summed E-state index contributed by atoms with van der Waals surface area (Å²) in [7, 11) is 3.03. The van der Waals surface area contributed by atoms with Crippen LogP contribution in [0, 0.1) is 0 Å². The van der Waals surface area contributed by atoms with Crippen molar-refractivity contribution in [1.82, 2.24) is 20.3 Å². The molecule has 4 atom stereocenters. The number of fused-ring (bicyclic) bond motifs is 1. The van der Waals surface area contributed by atoms with Gasteiger partial charge in [-0.2, -0.15) is 0 Å². The fourth-order valence-corrected chi connectivity index (χ4v) is 5.69. The molecule has 0 radical (unpaired) electrons. The lowest BCUT2D eigenvalue weighted by atomic mass is 10.1. The second-order valence-corrected chi connectivity index (χ2v) is 10.9. The Morgan fingerprint density at radius 3 is 2.50 bits per heavy atom. The lowest BCUT2D eigenvalue weighted by molar-refractivity contribution is 0.0839. The predicted molar refractivity (Wildman–Crippen MR) is 155 cm³/mol. The van der Waals surface area contributed by atoms with Gasteiger partial charge in [0, 0.05) is 36.3 Å². The molecule has 2 aromatic heterocycles. The molecule has 4 heterocycles. The molecule has 1 aromatic carbocycles. The number of hydrogen-bond acceptors (Lipinski definition) is 11. The number of pyridine rings is 1. The van der Waals surface area contributed by atoms with Gasteiger partial charge in [-0.1, -0.05) is 29.8 Å². The number of β-amino-alcohol motifs (C(OH)–C–C–N with tert-alkyl or cyclic N) is 1. The van der Waals surface area contributed by atoms with Crippen LogP contribution in [0.3, 0.4) is 0 Å². The molecule has 40 heavy (non-hydrogen) atoms. The van der Waals surface area contributed by atoms with E-state index in [0.29, 0.717) is 88.2 Å². The van der Waals surface area contributed by atoms with Crippen LogP contribution in [0.2, 0.25) is 10.0 Å². The summed E-state index contributed by atoms with van der Waals surface area (Å²) in [4.78, 5) is 16.3. The van der Waals surface area contributed by atoms with Crippen molar-refractivity contribution in [2.75, 3.05) is 50.7 Å². The second-order valence-electron chi connectivity index (χ2n) is 10.2. The van der Waals surface area contributed by atoms with Crippen molar-refractivity contribution in [2.45, 2.75) is 37.3 Å². The number of rotatable bonds is 9. The zero-order valence-electron chi connectivity index (χ0n) is 22.4. The number of ether oxygens (including phenoxy) is 3. The van der Waals surface area contributed by atoms with Gasteiger partial charge in [-0.15, -0.1) is 0 Å². The van der Waals surface area contributed by atoms with Gasteiger partial charge >= 0.3 is 0 Å². The minimum Gasteiger partial charge on any atom is -0.495 e. The molecule has 11 nitrogen and oxygen atoms in total. The fourth-order valence-electron chi connectivity index (χ4n) is 4.99. The van der Waals surface area contributed by atoms with Crippen LogP contribution in [0.5, 0.6) is 11.5 Å². The van der Waals surface area contributed by atoms with Gasteiger partial charge in [0.15, 0.2) is 5.82 Å². The summed E-state index contributed by atoms with van der Waals surface area (Å²) in [5.41, 5.74) is 0.653. The first-order chi connectivity index (χ1) is 19.1. The average molecular weight is 591 g/mol. The number of halogens is 2. The highest BCUT2D eigenvalue weighted by molar-refractivity contribution is 6.41. The molecule has 0 saturated carbocycles. The smallest absolute Gasteiger partial charge is 0.223 e. The Balaban J connectivity index is 1.60. The summed E-state index contributed by atoms with van der Waals surface area (Å²) in [6, 6.07) is 3.08. The van der Waals surface area contributed by atoms with Crippen LogP contribution in [-0.4, -0.2) is 89.6 Å². The number of methoxy groups -OCH3 is 2. The molecule has 0 bridgehead atoms. The minimum atomic E-state index is -0.876.